The molecule has 1 unspecified atom stereocenters. The molecular weight excluding hydrogens is 279 g/mol. The van der Waals surface area contributed by atoms with Crippen LogP contribution in [0.5, 0.6) is 0 Å². The van der Waals surface area contributed by atoms with Crippen molar-refractivity contribution < 1.29 is 4.39 Å². The number of nitrogen functional groups attached to an aromatic ring is 1. The molecular formula is C14H14ClFN4. The van der Waals surface area contributed by atoms with Gasteiger partial charge in [-0.05, 0) is 42.5 Å². The summed E-state index contributed by atoms with van der Waals surface area (Å²) in [5.74, 6) is 0.456. The predicted molar refractivity (Wildman–Crippen MR) is 77.2 cm³/mol. The number of hydrogen-bond donors (Lipinski definition) is 2. The van der Waals surface area contributed by atoms with Crippen molar-refractivity contribution in [1.82, 2.24) is 9.97 Å². The molecule has 0 fully saturated rings. The Hall–Kier alpha value is -1.88. The van der Waals surface area contributed by atoms with Crippen molar-refractivity contribution in [2.24, 2.45) is 0 Å². The maximum Gasteiger partial charge on any atom is 0.223 e. The maximum atomic E-state index is 13.4. The summed E-state index contributed by atoms with van der Waals surface area (Å²) in [4.78, 5) is 7.92. The molecule has 0 radical (unpaired) electrons. The molecule has 1 aromatic heterocycles. The third-order valence-corrected chi connectivity index (χ3v) is 3.65. The van der Waals surface area contributed by atoms with Gasteiger partial charge in [0.25, 0.3) is 0 Å². The third kappa shape index (κ3) is 2.67. The highest BCUT2D eigenvalue weighted by Gasteiger charge is 2.21. The second-order valence-corrected chi connectivity index (χ2v) is 5.25. The molecule has 3 N–H and O–H groups in total. The third-order valence-electron chi connectivity index (χ3n) is 3.46. The Labute approximate surface area is 121 Å². The van der Waals surface area contributed by atoms with E-state index in [1.54, 1.807) is 12.1 Å². The van der Waals surface area contributed by atoms with Gasteiger partial charge in [0.2, 0.25) is 5.95 Å². The van der Waals surface area contributed by atoms with Crippen molar-refractivity contribution in [2.45, 2.75) is 25.3 Å². The molecule has 1 atom stereocenters. The lowest BCUT2D eigenvalue weighted by atomic mass is 9.87. The first-order chi connectivity index (χ1) is 9.61. The first-order valence-electron chi connectivity index (χ1n) is 6.47. The van der Waals surface area contributed by atoms with Gasteiger partial charge in [0.15, 0.2) is 0 Å². The number of aryl methyl sites for hydroxylation is 1. The van der Waals surface area contributed by atoms with Crippen molar-refractivity contribution in [2.75, 3.05) is 11.1 Å². The van der Waals surface area contributed by atoms with Gasteiger partial charge >= 0.3 is 0 Å². The van der Waals surface area contributed by atoms with E-state index < -0.39 is 0 Å². The van der Waals surface area contributed by atoms with Gasteiger partial charge in [0.05, 0.1) is 6.04 Å². The van der Waals surface area contributed by atoms with Crippen LogP contribution in [0.1, 0.15) is 30.0 Å². The smallest absolute Gasteiger partial charge is 0.223 e. The molecule has 1 aromatic carbocycles. The van der Waals surface area contributed by atoms with E-state index in [0.29, 0.717) is 5.82 Å². The topological polar surface area (TPSA) is 63.8 Å². The van der Waals surface area contributed by atoms with Gasteiger partial charge in [-0.1, -0.05) is 17.7 Å². The maximum absolute atomic E-state index is 13.4. The molecule has 2 aromatic rings. The molecule has 0 amide bonds. The highest BCUT2D eigenvalue weighted by atomic mass is 35.5. The Morgan fingerprint density at radius 1 is 1.30 bits per heavy atom. The lowest BCUT2D eigenvalue weighted by Crippen LogP contribution is -2.18. The van der Waals surface area contributed by atoms with Gasteiger partial charge in [-0.3, -0.25) is 0 Å². The Morgan fingerprint density at radius 3 is 2.95 bits per heavy atom. The minimum absolute atomic E-state index is 0.0137. The van der Waals surface area contributed by atoms with Gasteiger partial charge in [-0.25, -0.2) is 9.37 Å². The SMILES string of the molecule is Nc1nc(Cl)cc(NC2CCCc3ccc(F)cc32)n1. The van der Waals surface area contributed by atoms with Crippen molar-refractivity contribution in [1.29, 1.82) is 0 Å². The first-order valence-corrected chi connectivity index (χ1v) is 6.84. The molecule has 6 heteroatoms. The monoisotopic (exact) mass is 292 g/mol. The highest BCUT2D eigenvalue weighted by Crippen LogP contribution is 2.33. The largest absolute Gasteiger partial charge is 0.368 e. The number of nitrogens with two attached hydrogens (primary N) is 1. The molecule has 0 aliphatic heterocycles. The summed E-state index contributed by atoms with van der Waals surface area (Å²) < 4.78 is 13.4. The lowest BCUT2D eigenvalue weighted by molar-refractivity contribution is 0.579. The van der Waals surface area contributed by atoms with Crippen LogP contribution in [0, 0.1) is 5.82 Å². The van der Waals surface area contributed by atoms with Gasteiger partial charge < -0.3 is 11.1 Å². The van der Waals surface area contributed by atoms with Crippen LogP contribution in [0.4, 0.5) is 16.2 Å². The molecule has 4 nitrogen and oxygen atoms in total. The van der Waals surface area contributed by atoms with E-state index in [1.807, 2.05) is 6.07 Å². The lowest BCUT2D eigenvalue weighted by Gasteiger charge is -2.27. The Bertz CT molecular complexity index is 627. The summed E-state index contributed by atoms with van der Waals surface area (Å²) in [6.07, 6.45) is 2.93. The minimum Gasteiger partial charge on any atom is -0.368 e. The molecule has 104 valence electrons. The Balaban J connectivity index is 1.91. The zero-order valence-corrected chi connectivity index (χ0v) is 11.5. The number of nitrogens with zero attached hydrogens (tertiary/aromatic N) is 2. The number of aromatic nitrogens is 2. The number of rotatable bonds is 2. The van der Waals surface area contributed by atoms with E-state index in [-0.39, 0.29) is 23.0 Å². The van der Waals surface area contributed by atoms with E-state index in [2.05, 4.69) is 15.3 Å². The van der Waals surface area contributed by atoms with Gasteiger partial charge in [-0.2, -0.15) is 4.98 Å². The van der Waals surface area contributed by atoms with E-state index in [9.17, 15) is 4.39 Å². The van der Waals surface area contributed by atoms with Gasteiger partial charge in [0, 0.05) is 6.07 Å². The zero-order valence-electron chi connectivity index (χ0n) is 10.7. The number of halogens is 2. The van der Waals surface area contributed by atoms with E-state index in [0.717, 1.165) is 24.8 Å². The summed E-state index contributed by atoms with van der Waals surface area (Å²) in [5.41, 5.74) is 7.72. The van der Waals surface area contributed by atoms with Gasteiger partial charge in [0.1, 0.15) is 16.8 Å². The second-order valence-electron chi connectivity index (χ2n) is 4.87. The molecule has 0 bridgehead atoms. The fraction of sp³-hybridized carbons (Fsp3) is 0.286. The van der Waals surface area contributed by atoms with Crippen molar-refractivity contribution >= 4 is 23.4 Å². The van der Waals surface area contributed by atoms with Crippen molar-refractivity contribution in [3.05, 3.63) is 46.4 Å². The Morgan fingerprint density at radius 2 is 2.15 bits per heavy atom. The van der Waals surface area contributed by atoms with Crippen molar-refractivity contribution in [3.8, 4) is 0 Å². The average Bonchev–Trinajstić information content (AvgIpc) is 2.38. The first kappa shape index (κ1) is 13.1. The normalized spacial score (nSPS) is 17.6. The molecule has 1 heterocycles. The molecule has 3 rings (SSSR count). The highest BCUT2D eigenvalue weighted by molar-refractivity contribution is 6.29. The zero-order chi connectivity index (χ0) is 14.1. The number of nitrogens with one attached hydrogen (secondary N) is 1. The summed E-state index contributed by atoms with van der Waals surface area (Å²) in [7, 11) is 0. The van der Waals surface area contributed by atoms with E-state index in [1.165, 1.54) is 11.6 Å². The van der Waals surface area contributed by atoms with Gasteiger partial charge in [-0.15, -0.1) is 0 Å². The van der Waals surface area contributed by atoms with Crippen LogP contribution >= 0.6 is 11.6 Å². The fourth-order valence-electron chi connectivity index (χ4n) is 2.61. The molecule has 0 spiro atoms. The van der Waals surface area contributed by atoms with Crippen LogP contribution in [0.2, 0.25) is 5.15 Å². The van der Waals surface area contributed by atoms with Crippen LogP contribution in [0.25, 0.3) is 0 Å². The quantitative estimate of drug-likeness (QED) is 0.833. The molecule has 1 aliphatic rings. The van der Waals surface area contributed by atoms with E-state index in [4.69, 9.17) is 17.3 Å². The Kier molecular flexibility index (Phi) is 3.44. The number of benzene rings is 1. The molecule has 0 saturated heterocycles. The average molecular weight is 293 g/mol. The minimum atomic E-state index is -0.224. The van der Waals surface area contributed by atoms with Crippen LogP contribution in [0.3, 0.4) is 0 Å². The number of fused-ring (bicyclic) bond motifs is 1. The van der Waals surface area contributed by atoms with Crippen molar-refractivity contribution in [3.63, 3.8) is 0 Å². The molecule has 20 heavy (non-hydrogen) atoms. The predicted octanol–water partition coefficient (Wildman–Crippen LogP) is 3.34. The molecule has 1 aliphatic carbocycles. The van der Waals surface area contributed by atoms with Crippen LogP contribution in [-0.4, -0.2) is 9.97 Å². The number of hydrogen-bond acceptors (Lipinski definition) is 4. The summed E-state index contributed by atoms with van der Waals surface area (Å²) in [5, 5.41) is 3.55. The van der Waals surface area contributed by atoms with Crippen LogP contribution in [0.15, 0.2) is 24.3 Å². The molecule has 0 saturated carbocycles. The number of anilines is 2. The summed E-state index contributed by atoms with van der Waals surface area (Å²) >= 11 is 5.86. The summed E-state index contributed by atoms with van der Waals surface area (Å²) in [6.45, 7) is 0. The summed E-state index contributed by atoms with van der Waals surface area (Å²) in [6, 6.07) is 6.56. The second kappa shape index (κ2) is 5.25. The van der Waals surface area contributed by atoms with E-state index >= 15 is 0 Å². The standard InChI is InChI=1S/C14H14ClFN4/c15-12-7-13(20-14(17)19-12)18-11-3-1-2-8-4-5-9(16)6-10(8)11/h4-7,11H,1-3H2,(H3,17,18,19,20). The van der Waals surface area contributed by atoms with Crippen LogP contribution < -0.4 is 11.1 Å². The fourth-order valence-corrected chi connectivity index (χ4v) is 2.80. The van der Waals surface area contributed by atoms with Crippen LogP contribution in [-0.2, 0) is 6.42 Å².